The lowest BCUT2D eigenvalue weighted by Gasteiger charge is -2.19. The Morgan fingerprint density at radius 1 is 1.38 bits per heavy atom. The Hall–Kier alpha value is -0.790. The largest absolute Gasteiger partial charge is 0.374 e. The number of unbranched alkanes of at least 4 members (excludes halogenated alkanes) is 1. The summed E-state index contributed by atoms with van der Waals surface area (Å²) in [6.45, 7) is 7.88. The van der Waals surface area contributed by atoms with Crippen LogP contribution in [0.15, 0.2) is 16.8 Å². The van der Waals surface area contributed by atoms with E-state index in [0.717, 1.165) is 18.9 Å². The zero-order valence-electron chi connectivity index (χ0n) is 11.7. The van der Waals surface area contributed by atoms with Crippen LogP contribution in [0.5, 0.6) is 0 Å². The summed E-state index contributed by atoms with van der Waals surface area (Å²) in [4.78, 5) is 6.43. The topological polar surface area (TPSA) is 15.6 Å². The van der Waals surface area contributed by atoms with E-state index in [0.29, 0.717) is 0 Å². The molecule has 0 N–H and O–H groups in total. The summed E-state index contributed by atoms with van der Waals surface area (Å²) in [5.41, 5.74) is 1.26. The minimum atomic E-state index is 0.775. The molecule has 0 fully saturated rings. The van der Waals surface area contributed by atoms with Crippen molar-refractivity contribution >= 4 is 6.21 Å². The second kappa shape index (κ2) is 9.44. The van der Waals surface area contributed by atoms with Crippen molar-refractivity contribution in [3.8, 4) is 0 Å². The second-order valence-electron chi connectivity index (χ2n) is 4.76. The Bertz CT molecular complexity index is 217. The Morgan fingerprint density at radius 3 is 2.56 bits per heavy atom. The molecule has 0 spiro atoms. The third-order valence-corrected chi connectivity index (χ3v) is 2.65. The van der Waals surface area contributed by atoms with Gasteiger partial charge in [0, 0.05) is 26.9 Å². The fourth-order valence-electron chi connectivity index (χ4n) is 1.53. The molecule has 0 radical (unpaired) electrons. The van der Waals surface area contributed by atoms with Gasteiger partial charge in [0.15, 0.2) is 0 Å². The zero-order valence-corrected chi connectivity index (χ0v) is 11.7. The minimum absolute atomic E-state index is 0.775. The van der Waals surface area contributed by atoms with Gasteiger partial charge in [-0.3, -0.25) is 4.99 Å². The molecule has 0 heterocycles. The average Bonchev–Trinajstić information content (AvgIpc) is 2.24. The molecule has 0 unspecified atom stereocenters. The molecule has 0 aliphatic rings. The Kier molecular flexibility index (Phi) is 8.97. The van der Waals surface area contributed by atoms with Gasteiger partial charge in [0.1, 0.15) is 0 Å². The van der Waals surface area contributed by atoms with Crippen LogP contribution >= 0.6 is 0 Å². The van der Waals surface area contributed by atoms with Crippen LogP contribution in [0.2, 0.25) is 0 Å². The van der Waals surface area contributed by atoms with E-state index in [1.807, 2.05) is 13.3 Å². The first-order chi connectivity index (χ1) is 7.61. The summed E-state index contributed by atoms with van der Waals surface area (Å²) in [6.07, 6.45) is 9.17. The van der Waals surface area contributed by atoms with E-state index in [4.69, 9.17) is 0 Å². The van der Waals surface area contributed by atoms with E-state index >= 15 is 0 Å². The van der Waals surface area contributed by atoms with E-state index in [1.54, 1.807) is 0 Å². The maximum Gasteiger partial charge on any atom is 0.0504 e. The third-order valence-electron chi connectivity index (χ3n) is 2.65. The molecule has 0 saturated carbocycles. The van der Waals surface area contributed by atoms with Crippen molar-refractivity contribution in [2.75, 3.05) is 20.6 Å². The summed E-state index contributed by atoms with van der Waals surface area (Å²) in [6, 6.07) is 0. The number of hydrogen-bond donors (Lipinski definition) is 0. The van der Waals surface area contributed by atoms with E-state index in [-0.39, 0.29) is 0 Å². The van der Waals surface area contributed by atoms with Gasteiger partial charge in [-0.25, -0.2) is 0 Å². The number of rotatable bonds is 8. The van der Waals surface area contributed by atoms with Crippen molar-refractivity contribution in [1.82, 2.24) is 4.90 Å². The van der Waals surface area contributed by atoms with E-state index < -0.39 is 0 Å². The summed E-state index contributed by atoms with van der Waals surface area (Å²) in [7, 11) is 3.99. The Morgan fingerprint density at radius 2 is 2.06 bits per heavy atom. The van der Waals surface area contributed by atoms with Crippen molar-refractivity contribution < 1.29 is 0 Å². The Labute approximate surface area is 101 Å². The minimum Gasteiger partial charge on any atom is -0.374 e. The summed E-state index contributed by atoms with van der Waals surface area (Å²) < 4.78 is 0. The normalized spacial score (nSPS) is 12.8. The molecular formula is C14H28N2. The highest BCUT2D eigenvalue weighted by molar-refractivity contribution is 5.77. The van der Waals surface area contributed by atoms with Gasteiger partial charge in [-0.05, 0) is 25.2 Å². The standard InChI is InChI=1S/C14H28N2/c1-6-7-11-16(5)14(12-15-4)10-8-9-13(2)3/h10,12-13H,6-9,11H2,1-5H3. The second-order valence-corrected chi connectivity index (χ2v) is 4.76. The van der Waals surface area contributed by atoms with Crippen LogP contribution in [0.4, 0.5) is 0 Å². The SMILES string of the molecule is CCCCN(C)C(C=NC)=CCCC(C)C. The predicted molar refractivity (Wildman–Crippen MR) is 74.1 cm³/mol. The van der Waals surface area contributed by atoms with E-state index in [9.17, 15) is 0 Å². The molecule has 0 aromatic carbocycles. The highest BCUT2D eigenvalue weighted by Crippen LogP contribution is 2.08. The van der Waals surface area contributed by atoms with Gasteiger partial charge in [-0.2, -0.15) is 0 Å². The molecule has 0 rings (SSSR count). The van der Waals surface area contributed by atoms with Crippen molar-refractivity contribution in [3.05, 3.63) is 11.8 Å². The highest BCUT2D eigenvalue weighted by Gasteiger charge is 2.01. The summed E-state index contributed by atoms with van der Waals surface area (Å²) >= 11 is 0. The van der Waals surface area contributed by atoms with Gasteiger partial charge < -0.3 is 4.90 Å². The van der Waals surface area contributed by atoms with E-state index in [1.165, 1.54) is 25.0 Å². The zero-order chi connectivity index (χ0) is 12.4. The summed E-state index contributed by atoms with van der Waals surface area (Å²) in [5.74, 6) is 0.775. The van der Waals surface area contributed by atoms with Gasteiger partial charge >= 0.3 is 0 Å². The molecule has 0 aliphatic heterocycles. The lowest BCUT2D eigenvalue weighted by molar-refractivity contribution is 0.423. The molecule has 0 aromatic rings. The quantitative estimate of drug-likeness (QED) is 0.573. The molecule has 16 heavy (non-hydrogen) atoms. The first-order valence-electron chi connectivity index (χ1n) is 6.45. The molecule has 0 amide bonds. The first-order valence-corrected chi connectivity index (χ1v) is 6.45. The lowest BCUT2D eigenvalue weighted by atomic mass is 10.1. The Balaban J connectivity index is 4.23. The van der Waals surface area contributed by atoms with Crippen molar-refractivity contribution in [2.24, 2.45) is 10.9 Å². The van der Waals surface area contributed by atoms with Crippen LogP contribution < -0.4 is 0 Å². The van der Waals surface area contributed by atoms with Crippen LogP contribution in [0.25, 0.3) is 0 Å². The lowest BCUT2D eigenvalue weighted by Crippen LogP contribution is -2.20. The molecule has 0 aliphatic carbocycles. The molecule has 94 valence electrons. The highest BCUT2D eigenvalue weighted by atomic mass is 15.1. The van der Waals surface area contributed by atoms with Gasteiger partial charge in [0.05, 0.1) is 5.70 Å². The van der Waals surface area contributed by atoms with Gasteiger partial charge in [-0.15, -0.1) is 0 Å². The fraction of sp³-hybridized carbons (Fsp3) is 0.786. The maximum atomic E-state index is 4.13. The molecule has 2 heteroatoms. The van der Waals surface area contributed by atoms with Crippen molar-refractivity contribution in [3.63, 3.8) is 0 Å². The molecule has 0 aromatic heterocycles. The van der Waals surface area contributed by atoms with Gasteiger partial charge in [-0.1, -0.05) is 33.3 Å². The van der Waals surface area contributed by atoms with Gasteiger partial charge in [0.2, 0.25) is 0 Å². The van der Waals surface area contributed by atoms with Crippen LogP contribution in [0.3, 0.4) is 0 Å². The first kappa shape index (κ1) is 15.2. The maximum absolute atomic E-state index is 4.13. The van der Waals surface area contributed by atoms with E-state index in [2.05, 4.69) is 43.8 Å². The molecular weight excluding hydrogens is 196 g/mol. The molecule has 2 nitrogen and oxygen atoms in total. The number of nitrogens with zero attached hydrogens (tertiary/aromatic N) is 2. The predicted octanol–water partition coefficient (Wildman–Crippen LogP) is 3.74. The molecule has 0 saturated heterocycles. The monoisotopic (exact) mass is 224 g/mol. The molecule has 0 bridgehead atoms. The van der Waals surface area contributed by atoms with Crippen molar-refractivity contribution in [1.29, 1.82) is 0 Å². The summed E-state index contributed by atoms with van der Waals surface area (Å²) in [5, 5.41) is 0. The number of hydrogen-bond acceptors (Lipinski definition) is 2. The smallest absolute Gasteiger partial charge is 0.0504 e. The van der Waals surface area contributed by atoms with Crippen LogP contribution in [0, 0.1) is 5.92 Å². The third kappa shape index (κ3) is 7.49. The van der Waals surface area contributed by atoms with Crippen LogP contribution in [0.1, 0.15) is 46.5 Å². The van der Waals surface area contributed by atoms with Gasteiger partial charge in [0.25, 0.3) is 0 Å². The van der Waals surface area contributed by atoms with Crippen LogP contribution in [-0.4, -0.2) is 31.8 Å². The number of aliphatic imine (C=N–C) groups is 1. The van der Waals surface area contributed by atoms with Crippen molar-refractivity contribution in [2.45, 2.75) is 46.5 Å². The fourth-order valence-corrected chi connectivity index (χ4v) is 1.53. The molecule has 0 atom stereocenters. The average molecular weight is 224 g/mol. The number of allylic oxidation sites excluding steroid dienone is 2. The van der Waals surface area contributed by atoms with Crippen LogP contribution in [-0.2, 0) is 0 Å².